The molecule has 106 valence electrons. The molecule has 0 amide bonds. The lowest BCUT2D eigenvalue weighted by Gasteiger charge is -2.14. The number of likely N-dealkylation sites (tertiary alicyclic amines) is 1. The second-order valence-corrected chi connectivity index (χ2v) is 5.35. The monoisotopic (exact) mass is 265 g/mol. The zero-order valence-electron chi connectivity index (χ0n) is 11.9. The minimum atomic E-state index is -0.789. The molecular formula is C14H23N3O2. The highest BCUT2D eigenvalue weighted by atomic mass is 16.4. The molecule has 5 heteroatoms. The molecule has 0 radical (unpaired) electrons. The second kappa shape index (κ2) is 6.19. The lowest BCUT2D eigenvalue weighted by atomic mass is 10.1. The summed E-state index contributed by atoms with van der Waals surface area (Å²) < 4.78 is 1.96. The summed E-state index contributed by atoms with van der Waals surface area (Å²) >= 11 is 0. The molecule has 2 rings (SSSR count). The number of rotatable bonds is 6. The molecule has 0 bridgehead atoms. The van der Waals surface area contributed by atoms with Gasteiger partial charge in [0.2, 0.25) is 0 Å². The van der Waals surface area contributed by atoms with Crippen LogP contribution in [0.2, 0.25) is 0 Å². The molecule has 0 atom stereocenters. The predicted octanol–water partition coefficient (Wildman–Crippen LogP) is 1.61. The van der Waals surface area contributed by atoms with Crippen molar-refractivity contribution in [2.24, 2.45) is 0 Å². The number of carboxylic acids is 1. The topological polar surface area (TPSA) is 58.4 Å². The van der Waals surface area contributed by atoms with Crippen molar-refractivity contribution in [2.45, 2.75) is 46.1 Å². The number of aromatic nitrogens is 2. The average Bonchev–Trinajstić information content (AvgIpc) is 2.94. The molecule has 1 saturated heterocycles. The van der Waals surface area contributed by atoms with E-state index in [1.807, 2.05) is 18.5 Å². The van der Waals surface area contributed by atoms with Crippen LogP contribution in [0.4, 0.5) is 0 Å². The Morgan fingerprint density at radius 3 is 2.58 bits per heavy atom. The molecule has 1 N–H and O–H groups in total. The highest BCUT2D eigenvalue weighted by molar-refractivity contribution is 5.70. The van der Waals surface area contributed by atoms with Crippen molar-refractivity contribution >= 4 is 5.97 Å². The molecule has 2 heterocycles. The lowest BCUT2D eigenvalue weighted by Crippen LogP contribution is -2.21. The van der Waals surface area contributed by atoms with Crippen LogP contribution in [-0.4, -0.2) is 45.4 Å². The highest BCUT2D eigenvalue weighted by Crippen LogP contribution is 2.15. The normalized spacial score (nSPS) is 16.1. The molecule has 19 heavy (non-hydrogen) atoms. The van der Waals surface area contributed by atoms with Crippen molar-refractivity contribution in [3.05, 3.63) is 17.0 Å². The molecule has 5 nitrogen and oxygen atoms in total. The van der Waals surface area contributed by atoms with E-state index >= 15 is 0 Å². The molecule has 0 saturated carbocycles. The number of hydrogen-bond donors (Lipinski definition) is 1. The van der Waals surface area contributed by atoms with Crippen molar-refractivity contribution in [1.29, 1.82) is 0 Å². The summed E-state index contributed by atoms with van der Waals surface area (Å²) in [6.07, 6.45) is 3.80. The summed E-state index contributed by atoms with van der Waals surface area (Å²) in [5, 5.41) is 13.4. The minimum absolute atomic E-state index is 0.0732. The second-order valence-electron chi connectivity index (χ2n) is 5.35. The van der Waals surface area contributed by atoms with E-state index in [1.54, 1.807) is 0 Å². The Bertz CT molecular complexity index is 448. The number of aliphatic carboxylic acids is 1. The van der Waals surface area contributed by atoms with E-state index in [-0.39, 0.29) is 6.42 Å². The van der Waals surface area contributed by atoms with Gasteiger partial charge in [0.05, 0.1) is 12.1 Å². The van der Waals surface area contributed by atoms with Crippen molar-refractivity contribution in [1.82, 2.24) is 14.7 Å². The van der Waals surface area contributed by atoms with E-state index in [4.69, 9.17) is 5.11 Å². The molecule has 0 aromatic carbocycles. The molecule has 0 spiro atoms. The molecule has 1 fully saturated rings. The smallest absolute Gasteiger partial charge is 0.307 e. The number of aryl methyl sites for hydroxylation is 2. The molecule has 0 unspecified atom stereocenters. The molecule has 0 aliphatic carbocycles. The first kappa shape index (κ1) is 14.1. The number of hydrogen-bond acceptors (Lipinski definition) is 3. The third-order valence-electron chi connectivity index (χ3n) is 3.90. The summed E-state index contributed by atoms with van der Waals surface area (Å²) in [6.45, 7) is 8.30. The summed E-state index contributed by atoms with van der Waals surface area (Å²) in [5.41, 5.74) is 2.72. The summed E-state index contributed by atoms with van der Waals surface area (Å²) in [6, 6.07) is 0. The van der Waals surface area contributed by atoms with Gasteiger partial charge in [0, 0.05) is 17.8 Å². The zero-order valence-corrected chi connectivity index (χ0v) is 11.9. The van der Waals surface area contributed by atoms with Gasteiger partial charge in [0.15, 0.2) is 0 Å². The Hall–Kier alpha value is -1.36. The molecule has 1 aromatic heterocycles. The largest absolute Gasteiger partial charge is 0.481 e. The fourth-order valence-corrected chi connectivity index (χ4v) is 2.81. The van der Waals surface area contributed by atoms with Crippen LogP contribution in [0, 0.1) is 13.8 Å². The first-order valence-electron chi connectivity index (χ1n) is 7.05. The average molecular weight is 265 g/mol. The minimum Gasteiger partial charge on any atom is -0.481 e. The van der Waals surface area contributed by atoms with Gasteiger partial charge in [-0.25, -0.2) is 0 Å². The van der Waals surface area contributed by atoms with E-state index in [0.29, 0.717) is 0 Å². The fourth-order valence-electron chi connectivity index (χ4n) is 2.81. The van der Waals surface area contributed by atoms with E-state index in [1.165, 1.54) is 25.9 Å². The van der Waals surface area contributed by atoms with Crippen LogP contribution in [0.25, 0.3) is 0 Å². The molecule has 1 aliphatic heterocycles. The maximum Gasteiger partial charge on any atom is 0.307 e. The number of carbonyl (C=O) groups is 1. The van der Waals surface area contributed by atoms with Crippen LogP contribution in [0.5, 0.6) is 0 Å². The van der Waals surface area contributed by atoms with Crippen LogP contribution < -0.4 is 0 Å². The quantitative estimate of drug-likeness (QED) is 0.849. The Labute approximate surface area is 114 Å². The first-order valence-corrected chi connectivity index (χ1v) is 7.05. The molecular weight excluding hydrogens is 242 g/mol. The Morgan fingerprint density at radius 1 is 1.26 bits per heavy atom. The standard InChI is InChI=1S/C14H23N3O2/c1-11-13(10-14(18)19)12(2)17(15-11)9-5-8-16-6-3-4-7-16/h3-10H2,1-2H3,(H,18,19). The van der Waals surface area contributed by atoms with Gasteiger partial charge in [0.25, 0.3) is 0 Å². The molecule has 1 aliphatic rings. The highest BCUT2D eigenvalue weighted by Gasteiger charge is 2.15. The van der Waals surface area contributed by atoms with Crippen LogP contribution in [0.1, 0.15) is 36.2 Å². The lowest BCUT2D eigenvalue weighted by molar-refractivity contribution is -0.136. The fraction of sp³-hybridized carbons (Fsp3) is 0.714. The molecule has 1 aromatic rings. The van der Waals surface area contributed by atoms with Gasteiger partial charge in [-0.2, -0.15) is 5.10 Å². The van der Waals surface area contributed by atoms with Gasteiger partial charge >= 0.3 is 5.97 Å². The van der Waals surface area contributed by atoms with Crippen LogP contribution in [0.3, 0.4) is 0 Å². The van der Waals surface area contributed by atoms with Crippen molar-refractivity contribution in [3.63, 3.8) is 0 Å². The van der Waals surface area contributed by atoms with Gasteiger partial charge < -0.3 is 10.0 Å². The maximum atomic E-state index is 10.8. The third-order valence-corrected chi connectivity index (χ3v) is 3.90. The van der Waals surface area contributed by atoms with E-state index in [2.05, 4.69) is 10.00 Å². The Balaban J connectivity index is 1.90. The van der Waals surface area contributed by atoms with Gasteiger partial charge in [-0.15, -0.1) is 0 Å². The van der Waals surface area contributed by atoms with Gasteiger partial charge in [-0.05, 0) is 52.7 Å². The predicted molar refractivity (Wildman–Crippen MR) is 73.3 cm³/mol. The summed E-state index contributed by atoms with van der Waals surface area (Å²) in [4.78, 5) is 13.3. The van der Waals surface area contributed by atoms with E-state index < -0.39 is 5.97 Å². The van der Waals surface area contributed by atoms with Crippen LogP contribution in [-0.2, 0) is 17.8 Å². The third kappa shape index (κ3) is 3.56. The first-order chi connectivity index (χ1) is 9.08. The van der Waals surface area contributed by atoms with Gasteiger partial charge in [-0.1, -0.05) is 0 Å². The van der Waals surface area contributed by atoms with Crippen molar-refractivity contribution in [2.75, 3.05) is 19.6 Å². The number of nitrogens with zero attached hydrogens (tertiary/aromatic N) is 3. The van der Waals surface area contributed by atoms with Crippen LogP contribution in [0.15, 0.2) is 0 Å². The van der Waals surface area contributed by atoms with E-state index in [9.17, 15) is 4.79 Å². The number of carboxylic acid groups (broad SMARTS) is 1. The van der Waals surface area contributed by atoms with Crippen molar-refractivity contribution in [3.8, 4) is 0 Å². The van der Waals surface area contributed by atoms with Gasteiger partial charge in [0.1, 0.15) is 0 Å². The maximum absolute atomic E-state index is 10.8. The summed E-state index contributed by atoms with van der Waals surface area (Å²) in [7, 11) is 0. The van der Waals surface area contributed by atoms with Gasteiger partial charge in [-0.3, -0.25) is 9.48 Å². The van der Waals surface area contributed by atoms with Crippen LogP contribution >= 0.6 is 0 Å². The zero-order chi connectivity index (χ0) is 13.8. The Morgan fingerprint density at radius 2 is 1.95 bits per heavy atom. The van der Waals surface area contributed by atoms with E-state index in [0.717, 1.165) is 36.5 Å². The summed E-state index contributed by atoms with van der Waals surface area (Å²) in [5.74, 6) is -0.789. The Kier molecular flexibility index (Phi) is 4.58. The van der Waals surface area contributed by atoms with Crippen molar-refractivity contribution < 1.29 is 9.90 Å². The SMILES string of the molecule is Cc1nn(CCCN2CCCC2)c(C)c1CC(=O)O.